The van der Waals surface area contributed by atoms with Crippen LogP contribution in [0, 0.1) is 62.5 Å². The number of halogens is 7. The third kappa shape index (κ3) is 72.3. The molecule has 3 aromatic rings. The number of nitrogens with two attached hydrogens (primary N) is 3. The number of aliphatic hydroxyl groups excluding tert-OH is 1. The number of alkyl carbamates (subject to hydrolysis) is 1. The minimum absolute atomic E-state index is 0. The minimum atomic E-state index is -3.22. The topological polar surface area (TPSA) is 668 Å². The average Bonchev–Trinajstić information content (AvgIpc) is 0.851. The summed E-state index contributed by atoms with van der Waals surface area (Å²) >= 11 is 25.2. The summed E-state index contributed by atoms with van der Waals surface area (Å²) in [6.45, 7) is 37.2. The standard InChI is InChI=1S/C9H15NO3.C8H9ClN2O.C8H14N2O3.C8H10N2O2.C8H15NO4.C7H8ClN3O.C5H7NO3.C5H9NO2.C5H8O2.Cl3OP.2ClH.HNO2.H3N.Na.H2/c1-5(2)9(13)10-8(6(3)11)7(4)12;1-4-7(6(3)12)11-8(9)5(2)10-4;1-4(9)8(13)10-7(5(2)11)6(3)12;1-4-7(6(3)11)10-8(12)5(2)9-4;1-5(6(10)11)9-7(12)13-8(2,3)4;1-3-5(7(9)12)11-6(8)4(2)10-3;1-3(7)5(6-9)4(2)8;1-3(7)5(6)4(2)8;1-4(6)3-5(2)7;1-5(2,3)4;;;2-1-3;;;/h5,8H,1-4H3,(H,10,13);1-3H3;4,7H,9H2,1-3H3,(H,10,13);1-3H3,(H,10,12);5H,1-4H3,(H,9,12)(H,10,11);1-2H3,(H2,9,12);7H,1-2H3;5H,6H2,1-2H3;3H2,1-2H3;;2*1H;(H,2,3);1H3;;1H/q;;;;;;;;;;;;;;+1;/p-1. The molecule has 111 heavy (non-hydrogen) atoms. The molecule has 3 heterocycles. The van der Waals surface area contributed by atoms with Gasteiger partial charge in [0.15, 0.2) is 73.7 Å². The molecule has 0 saturated carbocycles. The smallest absolute Gasteiger partial charge is 0.510 e. The van der Waals surface area contributed by atoms with Crippen molar-refractivity contribution in [2.24, 2.45) is 33.6 Å². The Bertz CT molecular complexity index is 3630. The molecule has 48 heteroatoms. The molecule has 0 aliphatic carbocycles. The number of carboxylic acid groups (broad SMARTS) is 1. The van der Waals surface area contributed by atoms with Gasteiger partial charge in [-0.05, 0) is 177 Å². The van der Waals surface area contributed by atoms with Crippen LogP contribution < -0.4 is 74.4 Å². The molecule has 3 aromatic heterocycles. The zero-order valence-electron chi connectivity index (χ0n) is 66.3. The summed E-state index contributed by atoms with van der Waals surface area (Å²) in [5.41, 5.74) is 18.1. The molecule has 0 radical (unpaired) electrons. The second-order valence-electron chi connectivity index (χ2n) is 23.0. The van der Waals surface area contributed by atoms with Crippen molar-refractivity contribution < 1.29 is 127 Å². The van der Waals surface area contributed by atoms with Crippen LogP contribution in [0.5, 0.6) is 0 Å². The molecule has 0 spiro atoms. The molecular formula is C63H102Cl7N15NaO24P. The SMILES string of the molecule is CC(=O)C(N)C(C)=O.CC(=O)C(N=O)=C(C)O.CC(=O)C(NC(=O)C(C)C)C(C)=O.CC(=O)C(NC(=O)C(C)N)C(C)=O.CC(=O)CC(C)=O.CC(=O)c1[nH]c(=O)c(C)nc1C.CC(=O)c1nc(Cl)c(C)nc1C.CC(NC(=O)OC(C)(C)C)C(=O)O.Cc1nc(C)c(C(N)=O)nc1Cl.Cl.Cl.N.O=N[O-].O=P(Cl)(Cl)Cl.[HH].[Na+]. The Balaban J connectivity index is -0.0000000883. The molecule has 2 atom stereocenters. The molecule has 4 amide bonds. The van der Waals surface area contributed by atoms with E-state index in [2.05, 4.69) is 84.8 Å². The Kier molecular flexibility index (Phi) is 78.0. The van der Waals surface area contributed by atoms with Crippen LogP contribution in [0.4, 0.5) is 4.79 Å². The van der Waals surface area contributed by atoms with E-state index in [0.29, 0.717) is 50.7 Å². The van der Waals surface area contributed by atoms with Crippen LogP contribution in [0.2, 0.25) is 10.3 Å². The van der Waals surface area contributed by atoms with Gasteiger partial charge in [-0.25, -0.2) is 14.8 Å². The van der Waals surface area contributed by atoms with Gasteiger partial charge in [-0.3, -0.25) is 96.2 Å². The number of nitrogens with one attached hydrogen (secondary N) is 4. The van der Waals surface area contributed by atoms with Crippen LogP contribution in [0.1, 0.15) is 205 Å². The fourth-order valence-corrected chi connectivity index (χ4v) is 6.17. The van der Waals surface area contributed by atoms with Crippen molar-refractivity contribution in [3.8, 4) is 0 Å². The molecule has 628 valence electrons. The summed E-state index contributed by atoms with van der Waals surface area (Å²) in [5.74, 6) is -5.97. The van der Waals surface area contributed by atoms with Crippen LogP contribution in [0.3, 0.4) is 0 Å². The first-order valence-corrected chi connectivity index (χ1v) is 35.5. The Labute approximate surface area is 702 Å². The number of amides is 4. The van der Waals surface area contributed by atoms with Crippen LogP contribution in [0.15, 0.2) is 26.8 Å². The fourth-order valence-electron chi connectivity index (χ4n) is 5.91. The number of Topliss-reactive ketones (excluding diaryl/α,β-unsaturated/α-hetero) is 11. The van der Waals surface area contributed by atoms with Gasteiger partial charge in [0.1, 0.15) is 64.2 Å². The number of nitroso groups, excluding NO2 is 1. The molecular weight excluding hydrogens is 1650 g/mol. The van der Waals surface area contributed by atoms with Crippen LogP contribution >= 0.6 is 86.9 Å². The van der Waals surface area contributed by atoms with Crippen molar-refractivity contribution in [2.75, 3.05) is 0 Å². The number of H-pyrrole nitrogens is 1. The number of allylic oxidation sites excluding steroid dienone is 2. The van der Waals surface area contributed by atoms with Gasteiger partial charge in [0.05, 0.1) is 40.9 Å². The number of aliphatic carboxylic acids is 1. The van der Waals surface area contributed by atoms with Crippen molar-refractivity contribution in [1.29, 1.82) is 0 Å². The average molecular weight is 1760 g/mol. The number of carbonyl (C=O) groups excluding carboxylic acids is 15. The van der Waals surface area contributed by atoms with Crippen LogP contribution in [-0.2, 0) is 66.8 Å². The quantitative estimate of drug-likeness (QED) is 0.00938. The van der Waals surface area contributed by atoms with Crippen LogP contribution in [-0.4, -0.2) is 169 Å². The maximum absolute atomic E-state index is 11.1. The predicted octanol–water partition coefficient (Wildman–Crippen LogP) is 6.16. The Morgan fingerprint density at radius 3 is 1.12 bits per heavy atom. The molecule has 2 unspecified atom stereocenters. The van der Waals surface area contributed by atoms with Gasteiger partial charge in [-0.2, -0.15) is 0 Å². The minimum Gasteiger partial charge on any atom is -0.510 e. The molecule has 0 aromatic carbocycles. The van der Waals surface area contributed by atoms with Crippen molar-refractivity contribution in [3.05, 3.63) is 98.4 Å². The van der Waals surface area contributed by atoms with Gasteiger partial charge in [0, 0.05) is 28.1 Å². The second-order valence-corrected chi connectivity index (χ2v) is 30.3. The molecule has 3 rings (SSSR count). The van der Waals surface area contributed by atoms with Crippen molar-refractivity contribution in [3.63, 3.8) is 0 Å². The first kappa shape index (κ1) is 130. The maximum Gasteiger partial charge on any atom is 1.00 e. The predicted molar refractivity (Wildman–Crippen MR) is 421 cm³/mol. The number of nitrogens with zero attached hydrogens (tertiary/aromatic N) is 7. The van der Waals surface area contributed by atoms with Gasteiger partial charge >= 0.3 is 46.8 Å². The van der Waals surface area contributed by atoms with Crippen LogP contribution in [0.25, 0.3) is 0 Å². The van der Waals surface area contributed by atoms with Crippen molar-refractivity contribution >= 4 is 180 Å². The molecule has 15 N–H and O–H groups in total. The van der Waals surface area contributed by atoms with Gasteiger partial charge in [0.25, 0.3) is 11.5 Å². The third-order valence-electron chi connectivity index (χ3n) is 10.9. The molecule has 39 nitrogen and oxygen atoms in total. The van der Waals surface area contributed by atoms with Gasteiger partial charge < -0.3 is 69.4 Å². The normalized spacial score (nSPS) is 10.3. The Morgan fingerprint density at radius 1 is 0.577 bits per heavy atom. The van der Waals surface area contributed by atoms with E-state index in [-0.39, 0.29) is 160 Å². The van der Waals surface area contributed by atoms with Gasteiger partial charge in [0.2, 0.25) is 11.8 Å². The zero-order valence-corrected chi connectivity index (χ0v) is 74.6. The van der Waals surface area contributed by atoms with Crippen molar-refractivity contribution in [2.45, 2.75) is 215 Å². The summed E-state index contributed by atoms with van der Waals surface area (Å²) in [6.07, 6.45) is -0.637. The van der Waals surface area contributed by atoms with E-state index >= 15 is 0 Å². The number of aromatic nitrogens is 6. The summed E-state index contributed by atoms with van der Waals surface area (Å²) < 4.78 is 14.4. The summed E-state index contributed by atoms with van der Waals surface area (Å²) in [5, 5.41) is 32.4. The molecule has 0 aliphatic rings. The number of ether oxygens (including phenoxy) is 1. The number of aryl methyl sites for hydroxylation is 6. The number of ketones is 11. The van der Waals surface area contributed by atoms with Gasteiger partial charge in [-0.1, -0.05) is 37.0 Å². The Hall–Kier alpha value is -7.76. The molecule has 0 bridgehead atoms. The first-order chi connectivity index (χ1) is 48.2. The van der Waals surface area contributed by atoms with E-state index in [1.54, 1.807) is 76.2 Å². The van der Waals surface area contributed by atoms with E-state index in [9.17, 15) is 91.0 Å². The number of carboxylic acids is 1. The molecule has 0 aliphatic heterocycles. The number of aromatic amines is 1. The van der Waals surface area contributed by atoms with E-state index in [0.717, 1.165) is 12.3 Å². The summed E-state index contributed by atoms with van der Waals surface area (Å²) in [6, 6.07) is -4.60. The fraction of sp³-hybridized carbons (Fsp3) is 0.524. The van der Waals surface area contributed by atoms with E-state index in [1.165, 1.54) is 90.0 Å². The number of aliphatic hydroxyl groups is 1. The van der Waals surface area contributed by atoms with E-state index in [1.807, 2.05) is 0 Å². The summed E-state index contributed by atoms with van der Waals surface area (Å²) in [4.78, 5) is 221. The third-order valence-corrected chi connectivity index (χ3v) is 11.7. The maximum atomic E-state index is 11.1. The molecule has 0 saturated heterocycles. The van der Waals surface area contributed by atoms with Crippen molar-refractivity contribution in [1.82, 2.24) is 52.0 Å². The largest absolute Gasteiger partial charge is 1.00 e. The number of hydrogen-bond donors (Lipinski definition) is 10. The Morgan fingerprint density at radius 2 is 0.901 bits per heavy atom. The number of primary amides is 1. The summed E-state index contributed by atoms with van der Waals surface area (Å²) in [7, 11) is 0. The first-order valence-electron chi connectivity index (χ1n) is 30.3. The van der Waals surface area contributed by atoms with E-state index < -0.39 is 76.4 Å². The van der Waals surface area contributed by atoms with E-state index in [4.69, 9.17) is 65.5 Å². The zero-order chi connectivity index (χ0) is 87.0. The molecule has 0 fully saturated rings. The number of carbonyl (C=O) groups is 16. The van der Waals surface area contributed by atoms with Gasteiger partial charge in [-0.15, -0.1) is 35.1 Å². The monoisotopic (exact) mass is 1750 g/mol. The number of rotatable bonds is 19. The second kappa shape index (κ2) is 66.8. The number of hydrogen-bond acceptors (Lipinski definition) is 33.